The average Bonchev–Trinajstić information content (AvgIpc) is 2.62. The second kappa shape index (κ2) is 4.42. The van der Waals surface area contributed by atoms with E-state index in [-0.39, 0.29) is 0 Å². The predicted molar refractivity (Wildman–Crippen MR) is 65.1 cm³/mol. The van der Waals surface area contributed by atoms with Crippen LogP contribution in [0.2, 0.25) is 0 Å². The first-order valence-electron chi connectivity index (χ1n) is 6.64. The standard InChI is InChI=1S/C13H26N2/c1-3-5-13(8-9-14-10-13)11-15-12(2)6-4-7-12/h14-15H,3-11H2,1-2H3. The molecule has 0 aromatic heterocycles. The summed E-state index contributed by atoms with van der Waals surface area (Å²) in [7, 11) is 0. The van der Waals surface area contributed by atoms with Gasteiger partial charge in [-0.2, -0.15) is 0 Å². The van der Waals surface area contributed by atoms with Gasteiger partial charge in [0.25, 0.3) is 0 Å². The highest BCUT2D eigenvalue weighted by atomic mass is 15.0. The van der Waals surface area contributed by atoms with Gasteiger partial charge in [-0.05, 0) is 51.0 Å². The van der Waals surface area contributed by atoms with Gasteiger partial charge in [-0.25, -0.2) is 0 Å². The summed E-state index contributed by atoms with van der Waals surface area (Å²) in [6.07, 6.45) is 8.24. The largest absolute Gasteiger partial charge is 0.316 e. The Morgan fingerprint density at radius 1 is 1.27 bits per heavy atom. The van der Waals surface area contributed by atoms with Gasteiger partial charge in [0.05, 0.1) is 0 Å². The van der Waals surface area contributed by atoms with E-state index in [0.29, 0.717) is 11.0 Å². The van der Waals surface area contributed by atoms with Gasteiger partial charge in [-0.15, -0.1) is 0 Å². The van der Waals surface area contributed by atoms with Crippen LogP contribution in [-0.2, 0) is 0 Å². The van der Waals surface area contributed by atoms with Crippen LogP contribution in [0.3, 0.4) is 0 Å². The normalized spacial score (nSPS) is 34.0. The molecule has 1 unspecified atom stereocenters. The molecule has 2 nitrogen and oxygen atoms in total. The third-order valence-corrected chi connectivity index (χ3v) is 4.46. The Labute approximate surface area is 94.2 Å². The van der Waals surface area contributed by atoms with Crippen molar-refractivity contribution in [1.29, 1.82) is 0 Å². The molecule has 2 N–H and O–H groups in total. The van der Waals surface area contributed by atoms with Gasteiger partial charge < -0.3 is 10.6 Å². The van der Waals surface area contributed by atoms with E-state index in [1.165, 1.54) is 58.2 Å². The van der Waals surface area contributed by atoms with Crippen molar-refractivity contribution in [1.82, 2.24) is 10.6 Å². The van der Waals surface area contributed by atoms with E-state index in [1.54, 1.807) is 0 Å². The van der Waals surface area contributed by atoms with Gasteiger partial charge in [0.15, 0.2) is 0 Å². The Balaban J connectivity index is 1.83. The molecule has 0 bridgehead atoms. The Hall–Kier alpha value is -0.0800. The maximum Gasteiger partial charge on any atom is 0.0153 e. The summed E-state index contributed by atoms with van der Waals surface area (Å²) in [6.45, 7) is 8.37. The Kier molecular flexibility index (Phi) is 3.36. The number of nitrogens with one attached hydrogen (secondary N) is 2. The predicted octanol–water partition coefficient (Wildman–Crippen LogP) is 2.30. The molecule has 1 heterocycles. The van der Waals surface area contributed by atoms with E-state index < -0.39 is 0 Å². The van der Waals surface area contributed by atoms with E-state index in [4.69, 9.17) is 0 Å². The minimum Gasteiger partial charge on any atom is -0.316 e. The molecule has 1 saturated carbocycles. The Morgan fingerprint density at radius 2 is 2.07 bits per heavy atom. The molecule has 2 fully saturated rings. The van der Waals surface area contributed by atoms with E-state index in [0.717, 1.165) is 0 Å². The molecule has 2 aliphatic rings. The quantitative estimate of drug-likeness (QED) is 0.727. The number of hydrogen-bond donors (Lipinski definition) is 2. The molecule has 1 aliphatic carbocycles. The van der Waals surface area contributed by atoms with Gasteiger partial charge in [-0.1, -0.05) is 13.3 Å². The van der Waals surface area contributed by atoms with Crippen molar-refractivity contribution in [2.24, 2.45) is 5.41 Å². The van der Waals surface area contributed by atoms with Crippen LogP contribution in [0.25, 0.3) is 0 Å². The number of hydrogen-bond acceptors (Lipinski definition) is 2. The average molecular weight is 210 g/mol. The van der Waals surface area contributed by atoms with Crippen molar-refractivity contribution < 1.29 is 0 Å². The molecule has 0 aromatic rings. The molecule has 1 saturated heterocycles. The monoisotopic (exact) mass is 210 g/mol. The molecular formula is C13H26N2. The van der Waals surface area contributed by atoms with Crippen molar-refractivity contribution in [3.63, 3.8) is 0 Å². The van der Waals surface area contributed by atoms with Gasteiger partial charge in [0.1, 0.15) is 0 Å². The van der Waals surface area contributed by atoms with E-state index in [9.17, 15) is 0 Å². The van der Waals surface area contributed by atoms with E-state index >= 15 is 0 Å². The summed E-state index contributed by atoms with van der Waals surface area (Å²) in [5.74, 6) is 0. The zero-order valence-electron chi connectivity index (χ0n) is 10.4. The molecule has 88 valence electrons. The van der Waals surface area contributed by atoms with Crippen molar-refractivity contribution in [2.75, 3.05) is 19.6 Å². The van der Waals surface area contributed by atoms with Gasteiger partial charge >= 0.3 is 0 Å². The summed E-state index contributed by atoms with van der Waals surface area (Å²) in [5.41, 5.74) is 1.04. The van der Waals surface area contributed by atoms with Crippen LogP contribution in [0, 0.1) is 5.41 Å². The first-order valence-corrected chi connectivity index (χ1v) is 6.64. The van der Waals surface area contributed by atoms with Gasteiger partial charge in [0.2, 0.25) is 0 Å². The molecule has 0 radical (unpaired) electrons. The fraction of sp³-hybridized carbons (Fsp3) is 1.00. The van der Waals surface area contributed by atoms with E-state index in [1.807, 2.05) is 0 Å². The highest BCUT2D eigenvalue weighted by Crippen LogP contribution is 2.35. The van der Waals surface area contributed by atoms with Crippen molar-refractivity contribution >= 4 is 0 Å². The summed E-state index contributed by atoms with van der Waals surface area (Å²) >= 11 is 0. The van der Waals surface area contributed by atoms with E-state index in [2.05, 4.69) is 24.5 Å². The van der Waals surface area contributed by atoms with Crippen molar-refractivity contribution in [3.8, 4) is 0 Å². The lowest BCUT2D eigenvalue weighted by atomic mass is 9.76. The Bertz CT molecular complexity index is 203. The van der Waals surface area contributed by atoms with Crippen LogP contribution >= 0.6 is 0 Å². The second-order valence-electron chi connectivity index (χ2n) is 5.94. The van der Waals surface area contributed by atoms with Crippen LogP contribution in [0.4, 0.5) is 0 Å². The maximum atomic E-state index is 3.82. The van der Waals surface area contributed by atoms with Crippen LogP contribution in [0.5, 0.6) is 0 Å². The molecule has 1 atom stereocenters. The Morgan fingerprint density at radius 3 is 2.53 bits per heavy atom. The van der Waals surface area contributed by atoms with Gasteiger partial charge in [0, 0.05) is 18.6 Å². The molecule has 0 aromatic carbocycles. The topological polar surface area (TPSA) is 24.1 Å². The summed E-state index contributed by atoms with van der Waals surface area (Å²) in [4.78, 5) is 0. The fourth-order valence-electron chi connectivity index (χ4n) is 3.06. The molecule has 0 amide bonds. The molecule has 1 aliphatic heterocycles. The second-order valence-corrected chi connectivity index (χ2v) is 5.94. The highest BCUT2D eigenvalue weighted by Gasteiger charge is 2.37. The molecule has 2 heteroatoms. The van der Waals surface area contributed by atoms with Crippen LogP contribution in [0.15, 0.2) is 0 Å². The molecule has 2 rings (SSSR count). The molecule has 15 heavy (non-hydrogen) atoms. The van der Waals surface area contributed by atoms with Gasteiger partial charge in [-0.3, -0.25) is 0 Å². The summed E-state index contributed by atoms with van der Waals surface area (Å²) < 4.78 is 0. The first-order chi connectivity index (χ1) is 7.18. The SMILES string of the molecule is CCCC1(CNC2(C)CCC2)CCNC1. The summed E-state index contributed by atoms with van der Waals surface area (Å²) in [6, 6.07) is 0. The minimum atomic E-state index is 0.476. The van der Waals surface area contributed by atoms with Crippen LogP contribution < -0.4 is 10.6 Å². The molecular weight excluding hydrogens is 184 g/mol. The lowest BCUT2D eigenvalue weighted by molar-refractivity contribution is 0.164. The molecule has 0 spiro atoms. The van der Waals surface area contributed by atoms with Crippen molar-refractivity contribution in [2.45, 2.75) is 57.9 Å². The third kappa shape index (κ3) is 2.54. The first kappa shape index (κ1) is 11.4. The lowest BCUT2D eigenvalue weighted by Crippen LogP contribution is -2.52. The van der Waals surface area contributed by atoms with Crippen LogP contribution in [0.1, 0.15) is 52.4 Å². The van der Waals surface area contributed by atoms with Crippen molar-refractivity contribution in [3.05, 3.63) is 0 Å². The lowest BCUT2D eigenvalue weighted by Gasteiger charge is -2.42. The summed E-state index contributed by atoms with van der Waals surface area (Å²) in [5, 5.41) is 7.35. The minimum absolute atomic E-state index is 0.476. The zero-order valence-corrected chi connectivity index (χ0v) is 10.4. The third-order valence-electron chi connectivity index (χ3n) is 4.46. The fourth-order valence-corrected chi connectivity index (χ4v) is 3.06. The zero-order chi connectivity index (χ0) is 10.8. The van der Waals surface area contributed by atoms with Crippen LogP contribution in [-0.4, -0.2) is 25.2 Å². The number of rotatable bonds is 5. The highest BCUT2D eigenvalue weighted by molar-refractivity contribution is 4.96. The smallest absolute Gasteiger partial charge is 0.0153 e. The maximum absolute atomic E-state index is 3.82.